The van der Waals surface area contributed by atoms with Crippen molar-refractivity contribution in [3.63, 3.8) is 0 Å². The third-order valence-corrected chi connectivity index (χ3v) is 10.8. The number of hydrogen-bond acceptors (Lipinski definition) is 5. The molecule has 4 saturated heterocycles. The molecule has 4 aliphatic rings. The Hall–Kier alpha value is -2.04. The quantitative estimate of drug-likeness (QED) is 0.612. The van der Waals surface area contributed by atoms with Gasteiger partial charge in [-0.25, -0.2) is 8.42 Å². The second-order valence-electron chi connectivity index (χ2n) is 10.8. The molecule has 5 atom stereocenters. The van der Waals surface area contributed by atoms with Crippen LogP contribution in [0.15, 0.2) is 35.2 Å². The maximum Gasteiger partial charge on any atom is 0.245 e. The first-order valence-electron chi connectivity index (χ1n) is 13.0. The largest absolute Gasteiger partial charge is 0.396 e. The topological polar surface area (TPSA) is 101 Å². The molecule has 0 radical (unpaired) electrons. The van der Waals surface area contributed by atoms with Crippen molar-refractivity contribution < 1.29 is 23.2 Å². The van der Waals surface area contributed by atoms with Crippen molar-refractivity contribution in [1.29, 1.82) is 0 Å². The zero-order chi connectivity index (χ0) is 24.7. The molecule has 5 unspecified atom stereocenters. The summed E-state index contributed by atoms with van der Waals surface area (Å²) in [6.07, 6.45) is 4.13. The molecule has 4 aliphatic heterocycles. The number of nitroso groups, excluding NO2 is 1. The lowest BCUT2D eigenvalue weighted by atomic mass is 9.74. The van der Waals surface area contributed by atoms with Gasteiger partial charge in [0.25, 0.3) is 0 Å². The molecule has 35 heavy (non-hydrogen) atoms. The molecule has 4 heterocycles. The molecule has 0 spiro atoms. The zero-order valence-corrected chi connectivity index (χ0v) is 21.2. The van der Waals surface area contributed by atoms with E-state index in [9.17, 15) is 23.2 Å². The van der Waals surface area contributed by atoms with E-state index in [4.69, 9.17) is 0 Å². The van der Waals surface area contributed by atoms with Crippen LogP contribution in [0.3, 0.4) is 0 Å². The summed E-state index contributed by atoms with van der Waals surface area (Å²) in [6.45, 7) is 4.84. The fraction of sp³-hybridized carbons (Fsp3) is 0.720. The van der Waals surface area contributed by atoms with Gasteiger partial charge in [0.05, 0.1) is 16.3 Å². The standard InChI is InChI=1S/C25H37N4O5S/c1-18-24(25(31)26-11-7-19(16-26)17-30)23-15-21(10-14-28(23)29(18)32)20-8-12-27(13-9-20)35(33,34)22-5-3-2-4-6-22/h2-6,18-21,23-24,30H,7-17H2,1H3/q+1. The zero-order valence-electron chi connectivity index (χ0n) is 20.4. The van der Waals surface area contributed by atoms with Crippen molar-refractivity contribution in [2.45, 2.75) is 56.0 Å². The van der Waals surface area contributed by atoms with Crippen molar-refractivity contribution >= 4 is 15.9 Å². The SMILES string of the molecule is CC1C(C(=O)N2CCC(CO)C2)C2CC(C3CCN(S(=O)(=O)c4ccccc4)CC3)CCN2[N+]1=O. The Bertz CT molecular complexity index is 1040. The number of fused-ring (bicyclic) bond motifs is 1. The van der Waals surface area contributed by atoms with Gasteiger partial charge in [0.15, 0.2) is 0 Å². The van der Waals surface area contributed by atoms with Gasteiger partial charge in [0.1, 0.15) is 16.8 Å². The minimum Gasteiger partial charge on any atom is -0.396 e. The molecule has 192 valence electrons. The van der Waals surface area contributed by atoms with E-state index in [0.717, 1.165) is 37.0 Å². The third kappa shape index (κ3) is 4.49. The molecule has 0 aliphatic carbocycles. The molecule has 10 heteroatoms. The predicted molar refractivity (Wildman–Crippen MR) is 129 cm³/mol. The first-order chi connectivity index (χ1) is 16.8. The number of benzene rings is 1. The van der Waals surface area contributed by atoms with E-state index in [0.29, 0.717) is 49.5 Å². The second-order valence-corrected chi connectivity index (χ2v) is 12.7. The minimum absolute atomic E-state index is 0.0474. The van der Waals surface area contributed by atoms with Crippen LogP contribution in [0, 0.1) is 28.6 Å². The highest BCUT2D eigenvalue weighted by Gasteiger charge is 2.59. The summed E-state index contributed by atoms with van der Waals surface area (Å²) in [7, 11) is -3.47. The Labute approximate surface area is 207 Å². The lowest BCUT2D eigenvalue weighted by Gasteiger charge is -2.40. The van der Waals surface area contributed by atoms with Crippen LogP contribution in [0.4, 0.5) is 0 Å². The molecule has 4 fully saturated rings. The van der Waals surface area contributed by atoms with Crippen molar-refractivity contribution in [2.75, 3.05) is 39.3 Å². The van der Waals surface area contributed by atoms with Gasteiger partial charge in [-0.3, -0.25) is 4.79 Å². The fourth-order valence-corrected chi connectivity index (χ4v) is 8.29. The van der Waals surface area contributed by atoms with E-state index in [1.807, 2.05) is 22.9 Å². The van der Waals surface area contributed by atoms with Crippen LogP contribution in [0.2, 0.25) is 0 Å². The average molecular weight is 506 g/mol. The summed E-state index contributed by atoms with van der Waals surface area (Å²) in [5, 5.41) is 11.3. The van der Waals surface area contributed by atoms with Crippen LogP contribution in [0.1, 0.15) is 39.0 Å². The Morgan fingerprint density at radius 1 is 1.03 bits per heavy atom. The molecule has 1 aromatic rings. The summed E-state index contributed by atoms with van der Waals surface area (Å²) in [5.74, 6) is 0.608. The van der Waals surface area contributed by atoms with Crippen molar-refractivity contribution in [3.05, 3.63) is 35.2 Å². The van der Waals surface area contributed by atoms with E-state index in [1.165, 1.54) is 0 Å². The Kier molecular flexibility index (Phi) is 6.89. The molecule has 1 aromatic carbocycles. The number of nitrogens with zero attached hydrogens (tertiary/aromatic N) is 4. The van der Waals surface area contributed by atoms with Crippen LogP contribution >= 0.6 is 0 Å². The minimum atomic E-state index is -3.47. The number of aliphatic hydroxyl groups excluding tert-OH is 1. The number of rotatable bonds is 5. The summed E-state index contributed by atoms with van der Waals surface area (Å²) in [5.41, 5.74) is 0. The molecule has 0 bridgehead atoms. The molecule has 9 nitrogen and oxygen atoms in total. The fourth-order valence-electron chi connectivity index (χ4n) is 6.80. The summed E-state index contributed by atoms with van der Waals surface area (Å²) >= 11 is 0. The summed E-state index contributed by atoms with van der Waals surface area (Å²) in [6, 6.07) is 8.11. The van der Waals surface area contributed by atoms with Gasteiger partial charge in [-0.1, -0.05) is 18.2 Å². The van der Waals surface area contributed by atoms with E-state index in [1.54, 1.807) is 28.6 Å². The van der Waals surface area contributed by atoms with Gasteiger partial charge < -0.3 is 10.0 Å². The highest BCUT2D eigenvalue weighted by molar-refractivity contribution is 7.89. The molecule has 0 saturated carbocycles. The molecule has 1 amide bonds. The monoisotopic (exact) mass is 505 g/mol. The number of piperidine rings is 2. The maximum absolute atomic E-state index is 13.5. The summed E-state index contributed by atoms with van der Waals surface area (Å²) < 4.78 is 27.6. The lowest BCUT2D eigenvalue weighted by molar-refractivity contribution is -0.716. The highest BCUT2D eigenvalue weighted by Crippen LogP contribution is 2.42. The number of amides is 1. The summed E-state index contributed by atoms with van der Waals surface area (Å²) in [4.78, 5) is 29.6. The molecule has 5 rings (SSSR count). The molecule has 0 aromatic heterocycles. The third-order valence-electron chi connectivity index (χ3n) is 8.88. The van der Waals surface area contributed by atoms with E-state index in [-0.39, 0.29) is 30.4 Å². The van der Waals surface area contributed by atoms with Gasteiger partial charge in [-0.15, -0.1) is 5.01 Å². The number of carbonyl (C=O) groups excluding carboxylic acids is 1. The number of likely N-dealkylation sites (tertiary alicyclic amines) is 1. The molecular weight excluding hydrogens is 468 g/mol. The Morgan fingerprint density at radius 2 is 1.71 bits per heavy atom. The van der Waals surface area contributed by atoms with E-state index < -0.39 is 16.1 Å². The average Bonchev–Trinajstić information content (AvgIpc) is 3.47. The first kappa shape index (κ1) is 24.6. The van der Waals surface area contributed by atoms with E-state index >= 15 is 0 Å². The van der Waals surface area contributed by atoms with Crippen molar-refractivity contribution in [2.24, 2.45) is 23.7 Å². The number of hydrogen-bond donors (Lipinski definition) is 1. The maximum atomic E-state index is 13.5. The highest BCUT2D eigenvalue weighted by atomic mass is 32.2. The molecule has 1 N–H and O–H groups in total. The number of hydrazine groups is 1. The van der Waals surface area contributed by atoms with Crippen LogP contribution in [-0.2, 0) is 14.8 Å². The van der Waals surface area contributed by atoms with Crippen molar-refractivity contribution in [3.8, 4) is 0 Å². The number of carbonyl (C=O) groups is 1. The predicted octanol–water partition coefficient (Wildman–Crippen LogP) is 1.72. The van der Waals surface area contributed by atoms with Crippen LogP contribution in [-0.4, -0.2) is 89.9 Å². The Morgan fingerprint density at radius 3 is 2.37 bits per heavy atom. The number of aliphatic hydroxyl groups is 1. The van der Waals surface area contributed by atoms with Gasteiger partial charge in [-0.05, 0) is 56.1 Å². The smallest absolute Gasteiger partial charge is 0.245 e. The van der Waals surface area contributed by atoms with Crippen LogP contribution in [0.5, 0.6) is 0 Å². The lowest BCUT2D eigenvalue weighted by Crippen LogP contribution is -2.49. The van der Waals surface area contributed by atoms with Gasteiger partial charge in [-0.2, -0.15) is 4.31 Å². The number of sulfonamides is 1. The van der Waals surface area contributed by atoms with Crippen molar-refractivity contribution in [1.82, 2.24) is 14.2 Å². The van der Waals surface area contributed by atoms with Gasteiger partial charge >= 0.3 is 0 Å². The normalized spacial score (nSPS) is 32.7. The van der Waals surface area contributed by atoms with Gasteiger partial charge in [0, 0.05) is 45.6 Å². The first-order valence-corrected chi connectivity index (χ1v) is 14.4. The van der Waals surface area contributed by atoms with E-state index in [2.05, 4.69) is 0 Å². The Balaban J connectivity index is 1.24. The van der Waals surface area contributed by atoms with Gasteiger partial charge in [0.2, 0.25) is 22.0 Å². The second kappa shape index (κ2) is 9.78. The van der Waals surface area contributed by atoms with Crippen LogP contribution < -0.4 is 0 Å². The van der Waals surface area contributed by atoms with Crippen LogP contribution in [0.25, 0.3) is 0 Å². The molecular formula is C25H37N4O5S+.